The first-order valence-electron chi connectivity index (χ1n) is 4.55. The monoisotopic (exact) mass is 182 g/mol. The molecule has 2 heteroatoms. The third-order valence-corrected chi connectivity index (χ3v) is 3.17. The largest absolute Gasteiger partial charge is 0.510 e. The van der Waals surface area contributed by atoms with Crippen molar-refractivity contribution in [1.29, 1.82) is 0 Å². The van der Waals surface area contributed by atoms with E-state index in [4.69, 9.17) is 0 Å². The van der Waals surface area contributed by atoms with Gasteiger partial charge in [-0.1, -0.05) is 39.8 Å². The van der Waals surface area contributed by atoms with Gasteiger partial charge in [0.2, 0.25) is 0 Å². The van der Waals surface area contributed by atoms with Gasteiger partial charge in [-0.15, -0.1) is 0 Å². The van der Waals surface area contributed by atoms with Crippen LogP contribution in [0.25, 0.3) is 0 Å². The quantitative estimate of drug-likeness (QED) is 0.604. The molecule has 13 heavy (non-hydrogen) atoms. The van der Waals surface area contributed by atoms with E-state index in [1.54, 1.807) is 6.08 Å². The van der Waals surface area contributed by atoms with Gasteiger partial charge in [0.25, 0.3) is 0 Å². The Morgan fingerprint density at radius 3 is 2.31 bits per heavy atom. The van der Waals surface area contributed by atoms with Crippen molar-refractivity contribution < 1.29 is 10.2 Å². The number of hydrogen-bond donors (Lipinski definition) is 2. The first-order chi connectivity index (χ1) is 5.79. The number of aliphatic hydroxyl groups excluding tert-OH is 2. The molecule has 2 atom stereocenters. The Morgan fingerprint density at radius 2 is 1.92 bits per heavy atom. The Labute approximate surface area is 79.6 Å². The number of aliphatic hydroxyl groups is 2. The molecule has 2 nitrogen and oxygen atoms in total. The summed E-state index contributed by atoms with van der Waals surface area (Å²) < 4.78 is 0. The number of allylic oxidation sites excluding steroid dienone is 2. The summed E-state index contributed by atoms with van der Waals surface area (Å²) in [5, 5.41) is 19.3. The molecule has 1 aliphatic rings. The normalized spacial score (nSPS) is 34.5. The maximum atomic E-state index is 9.86. The van der Waals surface area contributed by atoms with E-state index in [9.17, 15) is 10.2 Å². The van der Waals surface area contributed by atoms with Gasteiger partial charge in [0, 0.05) is 5.41 Å². The molecule has 0 saturated heterocycles. The fourth-order valence-electron chi connectivity index (χ4n) is 1.50. The van der Waals surface area contributed by atoms with E-state index in [1.165, 1.54) is 6.08 Å². The Balaban J connectivity index is 3.07. The molecule has 1 aliphatic carbocycles. The van der Waals surface area contributed by atoms with Gasteiger partial charge in [-0.2, -0.15) is 0 Å². The summed E-state index contributed by atoms with van der Waals surface area (Å²) in [6.45, 7) is 8.12. The summed E-state index contributed by atoms with van der Waals surface area (Å²) in [7, 11) is 0. The summed E-state index contributed by atoms with van der Waals surface area (Å²) in [5.74, 6) is 0.0555. The lowest BCUT2D eigenvalue weighted by Crippen LogP contribution is -2.43. The van der Waals surface area contributed by atoms with Crippen molar-refractivity contribution in [3.05, 3.63) is 24.0 Å². The van der Waals surface area contributed by atoms with Crippen LogP contribution in [0.4, 0.5) is 0 Å². The smallest absolute Gasteiger partial charge is 0.122 e. The molecule has 0 bridgehead atoms. The van der Waals surface area contributed by atoms with Gasteiger partial charge in [-0.25, -0.2) is 0 Å². The summed E-state index contributed by atoms with van der Waals surface area (Å²) in [6, 6.07) is 0. The van der Waals surface area contributed by atoms with Crippen molar-refractivity contribution in [3.8, 4) is 0 Å². The molecule has 0 radical (unpaired) electrons. The Kier molecular flexibility index (Phi) is 2.28. The molecule has 0 spiro atoms. The third kappa shape index (κ3) is 1.51. The molecular formula is C11H18O2. The minimum absolute atomic E-state index is 0.0555. The first kappa shape index (κ1) is 10.3. The summed E-state index contributed by atoms with van der Waals surface area (Å²) in [5.41, 5.74) is -0.475. The van der Waals surface area contributed by atoms with Crippen LogP contribution in [0.5, 0.6) is 0 Å². The Hall–Kier alpha value is -0.760. The summed E-state index contributed by atoms with van der Waals surface area (Å²) >= 11 is 0. The molecule has 0 heterocycles. The van der Waals surface area contributed by atoms with Crippen molar-refractivity contribution in [1.82, 2.24) is 0 Å². The van der Waals surface area contributed by atoms with Crippen LogP contribution >= 0.6 is 0 Å². The van der Waals surface area contributed by atoms with Gasteiger partial charge in [0.1, 0.15) is 11.9 Å². The molecule has 0 aromatic rings. The zero-order valence-corrected chi connectivity index (χ0v) is 8.70. The highest BCUT2D eigenvalue weighted by molar-refractivity contribution is 5.25. The second-order valence-electron chi connectivity index (χ2n) is 4.89. The molecule has 0 aliphatic heterocycles. The van der Waals surface area contributed by atoms with Crippen molar-refractivity contribution in [2.24, 2.45) is 10.8 Å². The molecule has 2 N–H and O–H groups in total. The minimum atomic E-state index is -0.794. The molecule has 0 aromatic heterocycles. The van der Waals surface area contributed by atoms with Crippen molar-refractivity contribution in [2.75, 3.05) is 0 Å². The summed E-state index contributed by atoms with van der Waals surface area (Å²) in [4.78, 5) is 0. The Bertz CT molecular complexity index is 258. The fraction of sp³-hybridized carbons (Fsp3) is 0.636. The molecule has 0 saturated carbocycles. The Morgan fingerprint density at radius 1 is 1.38 bits per heavy atom. The van der Waals surface area contributed by atoms with E-state index in [1.807, 2.05) is 13.0 Å². The van der Waals surface area contributed by atoms with Gasteiger partial charge in [0.15, 0.2) is 0 Å². The SMILES string of the molecule is CC(C)(C)C1(C)C=CC=C(O)C1O. The maximum absolute atomic E-state index is 9.86. The number of hydrogen-bond acceptors (Lipinski definition) is 2. The van der Waals surface area contributed by atoms with Crippen LogP contribution in [0.15, 0.2) is 24.0 Å². The number of rotatable bonds is 0. The lowest BCUT2D eigenvalue weighted by atomic mass is 9.63. The van der Waals surface area contributed by atoms with E-state index in [2.05, 4.69) is 20.8 Å². The molecule has 2 unspecified atom stereocenters. The predicted molar refractivity (Wildman–Crippen MR) is 53.4 cm³/mol. The van der Waals surface area contributed by atoms with Gasteiger partial charge in [-0.05, 0) is 11.5 Å². The average Bonchev–Trinajstić information content (AvgIpc) is 1.98. The molecule has 74 valence electrons. The fourth-order valence-corrected chi connectivity index (χ4v) is 1.50. The van der Waals surface area contributed by atoms with Crippen LogP contribution in [-0.4, -0.2) is 16.3 Å². The molecule has 0 amide bonds. The highest BCUT2D eigenvalue weighted by Crippen LogP contribution is 2.45. The van der Waals surface area contributed by atoms with E-state index in [0.29, 0.717) is 0 Å². The second-order valence-corrected chi connectivity index (χ2v) is 4.89. The van der Waals surface area contributed by atoms with Crippen LogP contribution in [0.1, 0.15) is 27.7 Å². The lowest BCUT2D eigenvalue weighted by molar-refractivity contribution is -0.00658. The zero-order valence-electron chi connectivity index (χ0n) is 8.70. The van der Waals surface area contributed by atoms with Gasteiger partial charge < -0.3 is 10.2 Å². The first-order valence-corrected chi connectivity index (χ1v) is 4.55. The van der Waals surface area contributed by atoms with E-state index < -0.39 is 11.5 Å². The third-order valence-electron chi connectivity index (χ3n) is 3.17. The molecule has 1 rings (SSSR count). The van der Waals surface area contributed by atoms with E-state index in [0.717, 1.165) is 0 Å². The van der Waals surface area contributed by atoms with Crippen LogP contribution in [0, 0.1) is 10.8 Å². The van der Waals surface area contributed by atoms with Gasteiger partial charge in [0.05, 0.1) is 0 Å². The lowest BCUT2D eigenvalue weighted by Gasteiger charge is -2.44. The maximum Gasteiger partial charge on any atom is 0.122 e. The van der Waals surface area contributed by atoms with Crippen molar-refractivity contribution in [2.45, 2.75) is 33.8 Å². The van der Waals surface area contributed by atoms with Gasteiger partial charge in [-0.3, -0.25) is 0 Å². The highest BCUT2D eigenvalue weighted by Gasteiger charge is 2.44. The standard InChI is InChI=1S/C11H18O2/c1-10(2,3)11(4)7-5-6-8(12)9(11)13/h5-7,9,12-13H,1-4H3. The second kappa shape index (κ2) is 2.88. The van der Waals surface area contributed by atoms with Crippen molar-refractivity contribution >= 4 is 0 Å². The predicted octanol–water partition coefficient (Wildman–Crippen LogP) is 2.41. The minimum Gasteiger partial charge on any atom is -0.510 e. The zero-order chi connectivity index (χ0) is 10.3. The van der Waals surface area contributed by atoms with Crippen LogP contribution < -0.4 is 0 Å². The molecule has 0 fully saturated rings. The molecular weight excluding hydrogens is 164 g/mol. The van der Waals surface area contributed by atoms with Gasteiger partial charge >= 0.3 is 0 Å². The van der Waals surface area contributed by atoms with Crippen LogP contribution in [-0.2, 0) is 0 Å². The molecule has 0 aromatic carbocycles. The topological polar surface area (TPSA) is 40.5 Å². The van der Waals surface area contributed by atoms with Crippen LogP contribution in [0.2, 0.25) is 0 Å². The average molecular weight is 182 g/mol. The van der Waals surface area contributed by atoms with E-state index >= 15 is 0 Å². The van der Waals surface area contributed by atoms with Crippen LogP contribution in [0.3, 0.4) is 0 Å². The highest BCUT2D eigenvalue weighted by atomic mass is 16.3. The van der Waals surface area contributed by atoms with E-state index in [-0.39, 0.29) is 11.2 Å². The summed E-state index contributed by atoms with van der Waals surface area (Å²) in [6.07, 6.45) is 4.50. The van der Waals surface area contributed by atoms with Crippen molar-refractivity contribution in [3.63, 3.8) is 0 Å².